The lowest BCUT2D eigenvalue weighted by Crippen LogP contribution is -2.13. The molecule has 0 atom stereocenters. The number of carboxylic acids is 2. The van der Waals surface area contributed by atoms with Crippen molar-refractivity contribution in [1.29, 1.82) is 0 Å². The molecule has 2 N–H and O–H groups in total. The number of aryl methyl sites for hydroxylation is 1. The van der Waals surface area contributed by atoms with Crippen molar-refractivity contribution in [1.82, 2.24) is 9.55 Å². The fourth-order valence-corrected chi connectivity index (χ4v) is 4.32. The fraction of sp³-hybridized carbons (Fsp3) is 0.450. The maximum atomic E-state index is 12.1. The molecular formula is C20H23ClN2O6S. The van der Waals surface area contributed by atoms with E-state index in [0.29, 0.717) is 51.5 Å². The van der Waals surface area contributed by atoms with Gasteiger partial charge in [0.05, 0.1) is 6.54 Å². The summed E-state index contributed by atoms with van der Waals surface area (Å²) in [6.07, 6.45) is 2.92. The van der Waals surface area contributed by atoms with Crippen LogP contribution < -0.4 is 9.47 Å². The number of halogens is 1. The van der Waals surface area contributed by atoms with Gasteiger partial charge in [-0.15, -0.1) is 11.8 Å². The lowest BCUT2D eigenvalue weighted by Gasteiger charge is -2.12. The lowest BCUT2D eigenvalue weighted by molar-refractivity contribution is -0.137. The van der Waals surface area contributed by atoms with E-state index in [2.05, 4.69) is 11.9 Å². The minimum absolute atomic E-state index is 0.0333. The third-order valence-electron chi connectivity index (χ3n) is 4.62. The average Bonchev–Trinajstić information content (AvgIpc) is 3.27. The van der Waals surface area contributed by atoms with E-state index in [-0.39, 0.29) is 25.5 Å². The van der Waals surface area contributed by atoms with Gasteiger partial charge < -0.3 is 24.3 Å². The number of rotatable bonds is 11. The van der Waals surface area contributed by atoms with Gasteiger partial charge >= 0.3 is 11.9 Å². The van der Waals surface area contributed by atoms with Gasteiger partial charge in [0.2, 0.25) is 6.79 Å². The second kappa shape index (κ2) is 10.1. The number of unbranched alkanes of at least 4 members (excludes halogenated alkanes) is 1. The van der Waals surface area contributed by atoms with Crippen LogP contribution >= 0.6 is 23.4 Å². The van der Waals surface area contributed by atoms with Crippen molar-refractivity contribution >= 4 is 35.3 Å². The third kappa shape index (κ3) is 5.20. The molecule has 3 rings (SSSR count). The van der Waals surface area contributed by atoms with E-state index in [9.17, 15) is 14.7 Å². The molecule has 0 saturated carbocycles. The number of carboxylic acid groups (broad SMARTS) is 2. The average molecular weight is 455 g/mol. The Morgan fingerprint density at radius 1 is 1.23 bits per heavy atom. The third-order valence-corrected chi connectivity index (χ3v) is 6.02. The van der Waals surface area contributed by atoms with Crippen molar-refractivity contribution in [2.45, 2.75) is 50.6 Å². The van der Waals surface area contributed by atoms with Gasteiger partial charge in [-0.25, -0.2) is 9.78 Å². The maximum Gasteiger partial charge on any atom is 0.355 e. The number of aromatic carboxylic acids is 1. The summed E-state index contributed by atoms with van der Waals surface area (Å²) in [4.78, 5) is 27.4. The second-order valence-electron chi connectivity index (χ2n) is 6.82. The summed E-state index contributed by atoms with van der Waals surface area (Å²) >= 11 is 7.67. The molecule has 1 aromatic heterocycles. The van der Waals surface area contributed by atoms with Crippen molar-refractivity contribution in [2.24, 2.45) is 0 Å². The molecule has 2 aromatic rings. The summed E-state index contributed by atoms with van der Waals surface area (Å²) in [6.45, 7) is 2.42. The van der Waals surface area contributed by atoms with Crippen molar-refractivity contribution in [3.05, 3.63) is 34.2 Å². The molecule has 0 amide bonds. The van der Waals surface area contributed by atoms with Gasteiger partial charge in [0, 0.05) is 29.7 Å². The first-order valence-electron chi connectivity index (χ1n) is 9.66. The molecule has 8 nitrogen and oxygen atoms in total. The summed E-state index contributed by atoms with van der Waals surface area (Å²) in [5.74, 6) is 0.326. The van der Waals surface area contributed by atoms with Crippen LogP contribution in [0.5, 0.6) is 11.5 Å². The normalized spacial score (nSPS) is 12.3. The number of nitrogens with zero attached hydrogens (tertiary/aromatic N) is 2. The maximum absolute atomic E-state index is 12.1. The second-order valence-corrected chi connectivity index (χ2v) is 8.31. The molecule has 1 aromatic carbocycles. The van der Waals surface area contributed by atoms with Gasteiger partial charge in [0.15, 0.2) is 17.2 Å². The first-order valence-corrected chi connectivity index (χ1v) is 11.0. The highest BCUT2D eigenvalue weighted by Gasteiger charge is 2.25. The van der Waals surface area contributed by atoms with Crippen molar-refractivity contribution < 1.29 is 29.3 Å². The van der Waals surface area contributed by atoms with Crippen molar-refractivity contribution in [3.8, 4) is 11.5 Å². The van der Waals surface area contributed by atoms with E-state index in [0.717, 1.165) is 12.8 Å². The summed E-state index contributed by atoms with van der Waals surface area (Å²) in [5.41, 5.74) is 0.802. The van der Waals surface area contributed by atoms with Crippen LogP contribution in [0, 0.1) is 0 Å². The zero-order valence-electron chi connectivity index (χ0n) is 16.5. The molecule has 1 aliphatic heterocycles. The van der Waals surface area contributed by atoms with Crippen molar-refractivity contribution in [3.63, 3.8) is 0 Å². The zero-order chi connectivity index (χ0) is 21.7. The molecule has 10 heteroatoms. The largest absolute Gasteiger partial charge is 0.481 e. The van der Waals surface area contributed by atoms with E-state index >= 15 is 0 Å². The molecule has 1 aliphatic rings. The first-order chi connectivity index (χ1) is 14.4. The number of fused-ring (bicyclic) bond motifs is 1. The summed E-state index contributed by atoms with van der Waals surface area (Å²) in [7, 11) is 0. The molecule has 0 spiro atoms. The van der Waals surface area contributed by atoms with Crippen LogP contribution in [0.1, 0.15) is 54.5 Å². The SMILES string of the molecule is CCCCc1nc(SCCCC(=O)O)c(C(=O)O)n1Cc1cc2c(cc1Cl)OCO2. The number of imidazole rings is 1. The molecule has 0 aliphatic carbocycles. The van der Waals surface area contributed by atoms with Gasteiger partial charge in [-0.05, 0) is 24.5 Å². The summed E-state index contributed by atoms with van der Waals surface area (Å²) in [5, 5.41) is 19.5. The quantitative estimate of drug-likeness (QED) is 0.381. The minimum Gasteiger partial charge on any atom is -0.481 e. The predicted octanol–water partition coefficient (Wildman–Crippen LogP) is 4.31. The van der Waals surface area contributed by atoms with Gasteiger partial charge in [-0.1, -0.05) is 24.9 Å². The van der Waals surface area contributed by atoms with Crippen molar-refractivity contribution in [2.75, 3.05) is 12.5 Å². The van der Waals surface area contributed by atoms with Crippen LogP contribution in [0.25, 0.3) is 0 Å². The highest BCUT2D eigenvalue weighted by molar-refractivity contribution is 7.99. The Bertz CT molecular complexity index is 946. The van der Waals surface area contributed by atoms with E-state index in [1.54, 1.807) is 16.7 Å². The number of ether oxygens (including phenoxy) is 2. The molecule has 162 valence electrons. The van der Waals surface area contributed by atoms with Crippen LogP contribution in [-0.2, 0) is 17.8 Å². The van der Waals surface area contributed by atoms with Gasteiger partial charge in [0.25, 0.3) is 0 Å². The van der Waals surface area contributed by atoms with Gasteiger partial charge in [-0.2, -0.15) is 0 Å². The van der Waals surface area contributed by atoms with E-state index < -0.39 is 11.9 Å². The topological polar surface area (TPSA) is 111 Å². The highest BCUT2D eigenvalue weighted by atomic mass is 35.5. The van der Waals surface area contributed by atoms with Crippen LogP contribution in [0.15, 0.2) is 17.2 Å². The Morgan fingerprint density at radius 3 is 2.63 bits per heavy atom. The lowest BCUT2D eigenvalue weighted by atomic mass is 10.2. The standard InChI is InChI=1S/C20H23ClN2O6S/c1-2-3-5-16-22-19(30-7-4-6-17(24)25)18(20(26)27)23(16)10-12-8-14-15(9-13(12)21)29-11-28-14/h8-9H,2-7,10-11H2,1H3,(H,24,25)(H,26,27). The molecule has 0 bridgehead atoms. The minimum atomic E-state index is -1.08. The van der Waals surface area contributed by atoms with Crippen LogP contribution in [0.2, 0.25) is 5.02 Å². The van der Waals surface area contributed by atoms with Crippen LogP contribution in [0.4, 0.5) is 0 Å². The number of aromatic nitrogens is 2. The molecule has 0 saturated heterocycles. The number of benzene rings is 1. The van der Waals surface area contributed by atoms with Crippen LogP contribution in [0.3, 0.4) is 0 Å². The monoisotopic (exact) mass is 454 g/mol. The summed E-state index contributed by atoms with van der Waals surface area (Å²) in [6, 6.07) is 3.43. The predicted molar refractivity (Wildman–Crippen MR) is 112 cm³/mol. The number of thioether (sulfide) groups is 1. The number of aliphatic carboxylic acids is 1. The van der Waals surface area contributed by atoms with Crippen LogP contribution in [-0.4, -0.2) is 44.2 Å². The Hall–Kier alpha value is -2.39. The molecule has 30 heavy (non-hydrogen) atoms. The molecular weight excluding hydrogens is 432 g/mol. The smallest absolute Gasteiger partial charge is 0.355 e. The number of carbonyl (C=O) groups is 2. The zero-order valence-corrected chi connectivity index (χ0v) is 18.1. The Balaban J connectivity index is 1.92. The molecule has 0 unspecified atom stereocenters. The number of hydrogen-bond acceptors (Lipinski definition) is 6. The molecule has 2 heterocycles. The Labute approximate surface area is 183 Å². The first kappa shape index (κ1) is 22.3. The fourth-order valence-electron chi connectivity index (χ4n) is 3.12. The van der Waals surface area contributed by atoms with E-state index in [4.69, 9.17) is 26.2 Å². The Kier molecular flexibility index (Phi) is 7.49. The van der Waals surface area contributed by atoms with E-state index in [1.807, 2.05) is 0 Å². The highest BCUT2D eigenvalue weighted by Crippen LogP contribution is 2.37. The van der Waals surface area contributed by atoms with Gasteiger partial charge in [0.1, 0.15) is 10.9 Å². The van der Waals surface area contributed by atoms with Gasteiger partial charge in [-0.3, -0.25) is 4.79 Å². The van der Waals surface area contributed by atoms with E-state index in [1.165, 1.54) is 11.8 Å². The molecule has 0 fully saturated rings. The number of hydrogen-bond donors (Lipinski definition) is 2. The molecule has 0 radical (unpaired) electrons. The summed E-state index contributed by atoms with van der Waals surface area (Å²) < 4.78 is 12.4. The Morgan fingerprint density at radius 2 is 1.97 bits per heavy atom.